The van der Waals surface area contributed by atoms with Crippen molar-refractivity contribution in [3.05, 3.63) is 40.2 Å². The molecule has 1 atom stereocenters. The number of carbonyl (C=O) groups excluding carboxylic acids is 2. The Morgan fingerprint density at radius 2 is 2.25 bits per heavy atom. The van der Waals surface area contributed by atoms with Crippen LogP contribution in [0.25, 0.3) is 0 Å². The average Bonchev–Trinajstić information content (AvgIpc) is 3.26. The van der Waals surface area contributed by atoms with Gasteiger partial charge in [0.05, 0.1) is 12.8 Å². The van der Waals surface area contributed by atoms with Gasteiger partial charge in [0.2, 0.25) is 5.88 Å². The Morgan fingerprint density at radius 1 is 1.38 bits per heavy atom. The molecule has 0 spiro atoms. The van der Waals surface area contributed by atoms with E-state index in [1.54, 1.807) is 29.8 Å². The van der Waals surface area contributed by atoms with Gasteiger partial charge in [-0.3, -0.25) is 4.79 Å². The van der Waals surface area contributed by atoms with Crippen LogP contribution in [0.4, 0.5) is 5.69 Å². The predicted molar refractivity (Wildman–Crippen MR) is 94.2 cm³/mol. The summed E-state index contributed by atoms with van der Waals surface area (Å²) in [7, 11) is 1.31. The number of hydrogen-bond donors (Lipinski definition) is 1. The van der Waals surface area contributed by atoms with Crippen LogP contribution in [-0.2, 0) is 4.74 Å². The molecule has 3 rings (SSSR count). The number of methoxy groups -OCH3 is 1. The molecular weight excluding hydrogens is 348 g/mol. The van der Waals surface area contributed by atoms with Crippen LogP contribution in [0.3, 0.4) is 0 Å². The Hall–Kier alpha value is -2.06. The summed E-state index contributed by atoms with van der Waals surface area (Å²) in [5.41, 5.74) is 0.763. The van der Waals surface area contributed by atoms with Crippen molar-refractivity contribution in [3.8, 4) is 5.88 Å². The molecule has 2 aromatic heterocycles. The van der Waals surface area contributed by atoms with Crippen molar-refractivity contribution in [2.45, 2.75) is 12.5 Å². The number of pyridine rings is 1. The number of hydrogen-bond acceptors (Lipinski definition) is 7. The molecule has 6 nitrogen and oxygen atoms in total. The van der Waals surface area contributed by atoms with Crippen molar-refractivity contribution in [1.29, 1.82) is 0 Å². The second kappa shape index (κ2) is 7.67. The lowest BCUT2D eigenvalue weighted by atomic mass is 10.2. The minimum absolute atomic E-state index is 0.0724. The van der Waals surface area contributed by atoms with Gasteiger partial charge in [0, 0.05) is 11.9 Å². The zero-order valence-electron chi connectivity index (χ0n) is 13.0. The number of carbonyl (C=O) groups is 2. The summed E-state index contributed by atoms with van der Waals surface area (Å²) >= 11 is 3.03. The third-order valence-corrected chi connectivity index (χ3v) is 5.49. The van der Waals surface area contributed by atoms with E-state index in [9.17, 15) is 9.59 Å². The number of nitrogens with one attached hydrogen (secondary N) is 1. The van der Waals surface area contributed by atoms with Crippen molar-refractivity contribution in [2.75, 3.05) is 23.9 Å². The SMILES string of the molecule is COC(=O)c1sccc1NC(=O)c1cccnc1OC1CCSC1. The van der Waals surface area contributed by atoms with Crippen molar-refractivity contribution < 1.29 is 19.1 Å². The van der Waals surface area contributed by atoms with E-state index in [4.69, 9.17) is 9.47 Å². The lowest BCUT2D eigenvalue weighted by Gasteiger charge is -2.14. The number of thioether (sulfide) groups is 1. The Bertz CT molecular complexity index is 741. The first kappa shape index (κ1) is 16.8. The van der Waals surface area contributed by atoms with Crippen LogP contribution in [0, 0.1) is 0 Å². The lowest BCUT2D eigenvalue weighted by molar-refractivity contribution is 0.0607. The van der Waals surface area contributed by atoms with E-state index in [-0.39, 0.29) is 12.0 Å². The molecule has 1 fully saturated rings. The summed E-state index contributed by atoms with van der Waals surface area (Å²) in [6.45, 7) is 0. The fraction of sp³-hybridized carbons (Fsp3) is 0.312. The molecule has 126 valence electrons. The van der Waals surface area contributed by atoms with Crippen LogP contribution in [0.5, 0.6) is 5.88 Å². The predicted octanol–water partition coefficient (Wildman–Crippen LogP) is 3.07. The second-order valence-electron chi connectivity index (χ2n) is 5.07. The first-order chi connectivity index (χ1) is 11.7. The number of esters is 1. The van der Waals surface area contributed by atoms with Crippen LogP contribution in [0.2, 0.25) is 0 Å². The van der Waals surface area contributed by atoms with Crippen LogP contribution < -0.4 is 10.1 Å². The highest BCUT2D eigenvalue weighted by Gasteiger charge is 2.22. The van der Waals surface area contributed by atoms with Crippen LogP contribution in [0.15, 0.2) is 29.8 Å². The number of nitrogens with zero attached hydrogens (tertiary/aromatic N) is 1. The van der Waals surface area contributed by atoms with Crippen molar-refractivity contribution in [1.82, 2.24) is 4.98 Å². The van der Waals surface area contributed by atoms with E-state index in [1.807, 2.05) is 11.8 Å². The molecule has 1 saturated heterocycles. The molecular formula is C16H16N2O4S2. The van der Waals surface area contributed by atoms with Crippen LogP contribution >= 0.6 is 23.1 Å². The standard InChI is InChI=1S/C16H16N2O4S2/c1-21-16(20)13-12(5-8-24-13)18-14(19)11-3-2-6-17-15(11)22-10-4-7-23-9-10/h2-3,5-6,8,10H,4,7,9H2,1H3,(H,18,19). The number of anilines is 1. The topological polar surface area (TPSA) is 77.5 Å². The van der Waals surface area contributed by atoms with Crippen LogP contribution in [-0.4, -0.2) is 41.6 Å². The van der Waals surface area contributed by atoms with E-state index in [2.05, 4.69) is 10.3 Å². The molecule has 1 aliphatic rings. The molecule has 0 radical (unpaired) electrons. The number of ether oxygens (including phenoxy) is 2. The monoisotopic (exact) mass is 364 g/mol. The molecule has 8 heteroatoms. The zero-order valence-corrected chi connectivity index (χ0v) is 14.6. The summed E-state index contributed by atoms with van der Waals surface area (Å²) in [6.07, 6.45) is 2.61. The van der Waals surface area contributed by atoms with Crippen LogP contribution in [0.1, 0.15) is 26.5 Å². The third-order valence-electron chi connectivity index (χ3n) is 3.47. The van der Waals surface area contributed by atoms with Crippen molar-refractivity contribution in [2.24, 2.45) is 0 Å². The molecule has 2 aromatic rings. The van der Waals surface area contributed by atoms with Gasteiger partial charge in [-0.1, -0.05) is 0 Å². The van der Waals surface area contributed by atoms with Gasteiger partial charge < -0.3 is 14.8 Å². The molecule has 1 N–H and O–H groups in total. The number of aromatic nitrogens is 1. The molecule has 0 aromatic carbocycles. The lowest BCUT2D eigenvalue weighted by Crippen LogP contribution is -2.20. The molecule has 0 aliphatic carbocycles. The highest BCUT2D eigenvalue weighted by atomic mass is 32.2. The summed E-state index contributed by atoms with van der Waals surface area (Å²) in [5, 5.41) is 4.45. The summed E-state index contributed by atoms with van der Waals surface area (Å²) in [5.74, 6) is 1.42. The highest BCUT2D eigenvalue weighted by molar-refractivity contribution is 7.99. The average molecular weight is 364 g/mol. The van der Waals surface area contributed by atoms with Gasteiger partial charge in [-0.25, -0.2) is 9.78 Å². The largest absolute Gasteiger partial charge is 0.473 e. The number of thiophene rings is 1. The molecule has 1 amide bonds. The minimum atomic E-state index is -0.481. The van der Waals surface area contributed by atoms with Gasteiger partial charge in [0.25, 0.3) is 5.91 Å². The van der Waals surface area contributed by atoms with E-state index in [0.29, 0.717) is 22.0 Å². The summed E-state index contributed by atoms with van der Waals surface area (Å²) < 4.78 is 10.6. The van der Waals surface area contributed by atoms with E-state index < -0.39 is 5.97 Å². The van der Waals surface area contributed by atoms with Gasteiger partial charge in [0.15, 0.2) is 0 Å². The van der Waals surface area contributed by atoms with E-state index >= 15 is 0 Å². The zero-order chi connectivity index (χ0) is 16.9. The fourth-order valence-electron chi connectivity index (χ4n) is 2.27. The van der Waals surface area contributed by atoms with Gasteiger partial charge in [0.1, 0.15) is 16.5 Å². The minimum Gasteiger partial charge on any atom is -0.473 e. The fourth-order valence-corrected chi connectivity index (χ4v) is 4.13. The number of amides is 1. The molecule has 1 unspecified atom stereocenters. The van der Waals surface area contributed by atoms with Gasteiger partial charge in [-0.15, -0.1) is 11.3 Å². The molecule has 0 bridgehead atoms. The van der Waals surface area contributed by atoms with Crippen molar-refractivity contribution in [3.63, 3.8) is 0 Å². The molecule has 1 aliphatic heterocycles. The Morgan fingerprint density at radius 3 is 3.00 bits per heavy atom. The Balaban J connectivity index is 1.78. The molecule has 24 heavy (non-hydrogen) atoms. The smallest absolute Gasteiger partial charge is 0.350 e. The van der Waals surface area contributed by atoms with E-state index in [1.165, 1.54) is 18.4 Å². The maximum atomic E-state index is 12.6. The summed E-state index contributed by atoms with van der Waals surface area (Å²) in [6, 6.07) is 5.00. The van der Waals surface area contributed by atoms with Gasteiger partial charge in [-0.05, 0) is 35.8 Å². The van der Waals surface area contributed by atoms with Gasteiger partial charge >= 0.3 is 5.97 Å². The summed E-state index contributed by atoms with van der Waals surface area (Å²) in [4.78, 5) is 28.8. The first-order valence-electron chi connectivity index (χ1n) is 7.35. The third kappa shape index (κ3) is 3.70. The normalized spacial score (nSPS) is 16.6. The van der Waals surface area contributed by atoms with Gasteiger partial charge in [-0.2, -0.15) is 11.8 Å². The highest BCUT2D eigenvalue weighted by Crippen LogP contribution is 2.27. The quantitative estimate of drug-likeness (QED) is 0.822. The molecule has 3 heterocycles. The maximum absolute atomic E-state index is 12.6. The molecule has 0 saturated carbocycles. The maximum Gasteiger partial charge on any atom is 0.350 e. The Labute approximate surface area is 147 Å². The first-order valence-corrected chi connectivity index (χ1v) is 9.39. The van der Waals surface area contributed by atoms with E-state index in [0.717, 1.165) is 17.9 Å². The van der Waals surface area contributed by atoms with Crippen molar-refractivity contribution >= 4 is 40.7 Å². The number of rotatable bonds is 5. The Kier molecular flexibility index (Phi) is 5.37. The second-order valence-corrected chi connectivity index (χ2v) is 7.13.